The molecule has 0 aromatic carbocycles. The van der Waals surface area contributed by atoms with Crippen molar-refractivity contribution in [3.05, 3.63) is 29.5 Å². The summed E-state index contributed by atoms with van der Waals surface area (Å²) in [5.41, 5.74) is 0. The van der Waals surface area contributed by atoms with Crippen LogP contribution in [0.4, 0.5) is 0 Å². The van der Waals surface area contributed by atoms with Gasteiger partial charge in [-0.25, -0.2) is 4.57 Å². The molecule has 0 aliphatic rings. The van der Waals surface area contributed by atoms with Gasteiger partial charge in [0.1, 0.15) is 6.54 Å². The van der Waals surface area contributed by atoms with E-state index in [0.717, 1.165) is 11.6 Å². The standard InChI is InChI=1S/C8H10ClIN.HI/c9-8-2-6-11(7-3-8)5-1-4-10;/h2-3,6-7H,1,4-5H2;1H/q+1;/p-1. The second-order valence-electron chi connectivity index (χ2n) is 2.30. The lowest BCUT2D eigenvalue weighted by atomic mass is 10.4. The number of pyridine rings is 1. The van der Waals surface area contributed by atoms with Crippen LogP contribution in [0.5, 0.6) is 0 Å². The number of rotatable bonds is 3. The van der Waals surface area contributed by atoms with Gasteiger partial charge in [0.25, 0.3) is 0 Å². The van der Waals surface area contributed by atoms with Crippen molar-refractivity contribution >= 4 is 34.2 Å². The van der Waals surface area contributed by atoms with Crippen molar-refractivity contribution in [2.45, 2.75) is 13.0 Å². The van der Waals surface area contributed by atoms with E-state index in [9.17, 15) is 0 Å². The van der Waals surface area contributed by atoms with Crippen molar-refractivity contribution in [1.29, 1.82) is 0 Å². The maximum absolute atomic E-state index is 5.73. The molecule has 0 spiro atoms. The molecule has 0 aliphatic carbocycles. The number of alkyl halides is 1. The molecule has 0 saturated carbocycles. The van der Waals surface area contributed by atoms with Gasteiger partial charge in [0, 0.05) is 23.0 Å². The molecule has 12 heavy (non-hydrogen) atoms. The summed E-state index contributed by atoms with van der Waals surface area (Å²) < 4.78 is 3.35. The molecule has 1 aromatic heterocycles. The van der Waals surface area contributed by atoms with Crippen molar-refractivity contribution in [2.24, 2.45) is 0 Å². The van der Waals surface area contributed by atoms with E-state index < -0.39 is 0 Å². The molecule has 0 saturated heterocycles. The number of aromatic nitrogens is 1. The van der Waals surface area contributed by atoms with Gasteiger partial charge in [0.15, 0.2) is 12.4 Å². The number of hydrogen-bond acceptors (Lipinski definition) is 0. The van der Waals surface area contributed by atoms with E-state index in [1.165, 1.54) is 10.8 Å². The van der Waals surface area contributed by atoms with Gasteiger partial charge < -0.3 is 24.0 Å². The minimum atomic E-state index is 0. The molecule has 1 aromatic rings. The van der Waals surface area contributed by atoms with E-state index in [4.69, 9.17) is 11.6 Å². The van der Waals surface area contributed by atoms with E-state index in [1.807, 2.05) is 24.5 Å². The maximum atomic E-state index is 5.73. The van der Waals surface area contributed by atoms with Crippen molar-refractivity contribution in [2.75, 3.05) is 4.43 Å². The molecule has 4 heteroatoms. The molecule has 0 atom stereocenters. The van der Waals surface area contributed by atoms with Crippen molar-refractivity contribution in [3.8, 4) is 0 Å². The third-order valence-electron chi connectivity index (χ3n) is 1.40. The highest BCUT2D eigenvalue weighted by atomic mass is 127. The molecule has 0 fully saturated rings. The Labute approximate surface area is 109 Å². The van der Waals surface area contributed by atoms with Gasteiger partial charge in [-0.3, -0.25) is 0 Å². The lowest BCUT2D eigenvalue weighted by molar-refractivity contribution is -0.696. The van der Waals surface area contributed by atoms with Gasteiger partial charge in [-0.15, -0.1) is 0 Å². The summed E-state index contributed by atoms with van der Waals surface area (Å²) >= 11 is 8.11. The van der Waals surface area contributed by atoms with Crippen molar-refractivity contribution < 1.29 is 28.5 Å². The van der Waals surface area contributed by atoms with E-state index in [0.29, 0.717) is 0 Å². The lowest BCUT2D eigenvalue weighted by Crippen LogP contribution is -3.00. The summed E-state index contributed by atoms with van der Waals surface area (Å²) in [5, 5.41) is 0.802. The van der Waals surface area contributed by atoms with E-state index in [-0.39, 0.29) is 24.0 Å². The molecule has 0 bridgehead atoms. The van der Waals surface area contributed by atoms with Crippen LogP contribution in [-0.4, -0.2) is 4.43 Å². The quantitative estimate of drug-likeness (QED) is 0.359. The Morgan fingerprint density at radius 2 is 1.92 bits per heavy atom. The molecular formula is C8H10ClI2N. The second-order valence-corrected chi connectivity index (χ2v) is 3.81. The Bertz CT molecular complexity index is 213. The molecule has 0 N–H and O–H groups in total. The Kier molecular flexibility index (Phi) is 7.87. The molecule has 0 unspecified atom stereocenters. The average molecular weight is 409 g/mol. The van der Waals surface area contributed by atoms with Crippen LogP contribution in [0.2, 0.25) is 5.02 Å². The first kappa shape index (κ1) is 12.9. The zero-order valence-electron chi connectivity index (χ0n) is 6.51. The van der Waals surface area contributed by atoms with E-state index in [1.54, 1.807) is 0 Å². The third kappa shape index (κ3) is 4.81. The monoisotopic (exact) mass is 409 g/mol. The Morgan fingerprint density at radius 1 is 1.33 bits per heavy atom. The summed E-state index contributed by atoms with van der Waals surface area (Å²) in [7, 11) is 0. The SMILES string of the molecule is Clc1cc[n+](CCCI)cc1.[I-]. The fraction of sp³-hybridized carbons (Fsp3) is 0.375. The number of aryl methyl sites for hydroxylation is 1. The van der Waals surface area contributed by atoms with Crippen LogP contribution < -0.4 is 28.5 Å². The van der Waals surface area contributed by atoms with E-state index in [2.05, 4.69) is 27.2 Å². The van der Waals surface area contributed by atoms with Crippen molar-refractivity contribution in [1.82, 2.24) is 0 Å². The van der Waals surface area contributed by atoms with Gasteiger partial charge in [-0.05, 0) is 0 Å². The molecule has 0 aliphatic heterocycles. The molecule has 68 valence electrons. The number of halogens is 3. The molecular weight excluding hydrogens is 399 g/mol. The maximum Gasteiger partial charge on any atom is 0.170 e. The molecule has 1 heterocycles. The first-order valence-electron chi connectivity index (χ1n) is 3.53. The Hall–Kier alpha value is 0.900. The van der Waals surface area contributed by atoms with Crippen LogP contribution in [-0.2, 0) is 6.54 Å². The molecule has 0 amide bonds. The van der Waals surface area contributed by atoms with Crippen LogP contribution in [0.25, 0.3) is 0 Å². The number of hydrogen-bond donors (Lipinski definition) is 0. The summed E-state index contributed by atoms with van der Waals surface area (Å²) in [4.78, 5) is 0. The molecule has 1 rings (SSSR count). The van der Waals surface area contributed by atoms with Crippen LogP contribution in [0.3, 0.4) is 0 Å². The fourth-order valence-corrected chi connectivity index (χ4v) is 1.28. The summed E-state index contributed by atoms with van der Waals surface area (Å²) in [6, 6.07) is 3.82. The highest BCUT2D eigenvalue weighted by Gasteiger charge is 1.97. The summed E-state index contributed by atoms with van der Waals surface area (Å²) in [6.07, 6.45) is 5.23. The van der Waals surface area contributed by atoms with Gasteiger partial charge >= 0.3 is 0 Å². The minimum absolute atomic E-state index is 0. The number of nitrogens with zero attached hydrogens (tertiary/aromatic N) is 1. The highest BCUT2D eigenvalue weighted by Crippen LogP contribution is 2.01. The van der Waals surface area contributed by atoms with Crippen LogP contribution >= 0.6 is 34.2 Å². The first-order chi connectivity index (χ1) is 5.33. The zero-order chi connectivity index (χ0) is 8.10. The van der Waals surface area contributed by atoms with Gasteiger partial charge in [0.2, 0.25) is 0 Å². The fourth-order valence-electron chi connectivity index (χ4n) is 0.831. The average Bonchev–Trinajstić information content (AvgIpc) is 2.04. The van der Waals surface area contributed by atoms with E-state index >= 15 is 0 Å². The van der Waals surface area contributed by atoms with Crippen LogP contribution in [0.15, 0.2) is 24.5 Å². The summed E-state index contributed by atoms with van der Waals surface area (Å²) in [6.45, 7) is 1.08. The lowest BCUT2D eigenvalue weighted by Gasteiger charge is -1.93. The van der Waals surface area contributed by atoms with Gasteiger partial charge in [0.05, 0.1) is 5.02 Å². The Morgan fingerprint density at radius 3 is 2.42 bits per heavy atom. The smallest absolute Gasteiger partial charge is 0.170 e. The second kappa shape index (κ2) is 7.32. The zero-order valence-corrected chi connectivity index (χ0v) is 11.6. The Balaban J connectivity index is 0.00000121. The van der Waals surface area contributed by atoms with Crippen molar-refractivity contribution in [3.63, 3.8) is 0 Å². The molecule has 1 nitrogen and oxygen atoms in total. The summed E-state index contributed by atoms with van der Waals surface area (Å²) in [5.74, 6) is 0. The molecule has 0 radical (unpaired) electrons. The first-order valence-corrected chi connectivity index (χ1v) is 5.44. The van der Waals surface area contributed by atoms with Crippen LogP contribution in [0.1, 0.15) is 6.42 Å². The van der Waals surface area contributed by atoms with Gasteiger partial charge in [-0.2, -0.15) is 0 Å². The minimum Gasteiger partial charge on any atom is -1.00 e. The third-order valence-corrected chi connectivity index (χ3v) is 2.42. The normalized spacial score (nSPS) is 9.17. The predicted molar refractivity (Wildman–Crippen MR) is 55.2 cm³/mol. The predicted octanol–water partition coefficient (Wildman–Crippen LogP) is -0.543. The largest absolute Gasteiger partial charge is 1.00 e. The van der Waals surface area contributed by atoms with Crippen LogP contribution in [0, 0.1) is 0 Å². The van der Waals surface area contributed by atoms with Gasteiger partial charge in [-0.1, -0.05) is 34.2 Å². The highest BCUT2D eigenvalue weighted by molar-refractivity contribution is 14.1. The topological polar surface area (TPSA) is 3.88 Å².